The van der Waals surface area contributed by atoms with Crippen LogP contribution in [0.3, 0.4) is 0 Å². The van der Waals surface area contributed by atoms with E-state index in [-0.39, 0.29) is 0 Å². The minimum absolute atomic E-state index is 0.601. The maximum absolute atomic E-state index is 3.60. The fourth-order valence-electron chi connectivity index (χ4n) is 2.27. The zero-order chi connectivity index (χ0) is 9.97. The molecule has 1 atom stereocenters. The van der Waals surface area contributed by atoms with Gasteiger partial charge in [0.05, 0.1) is 0 Å². The summed E-state index contributed by atoms with van der Waals surface area (Å²) < 4.78 is 0. The Balaban J connectivity index is 2.26. The van der Waals surface area contributed by atoms with Crippen molar-refractivity contribution in [3.05, 3.63) is 34.9 Å². The van der Waals surface area contributed by atoms with Gasteiger partial charge in [-0.25, -0.2) is 0 Å². The molecule has 1 nitrogen and oxygen atoms in total. The van der Waals surface area contributed by atoms with E-state index in [2.05, 4.69) is 37.4 Å². The highest BCUT2D eigenvalue weighted by Crippen LogP contribution is 2.26. The lowest BCUT2D eigenvalue weighted by Gasteiger charge is -2.25. The van der Waals surface area contributed by atoms with Crippen LogP contribution in [-0.2, 0) is 0 Å². The molecule has 0 aromatic heterocycles. The van der Waals surface area contributed by atoms with Crippen LogP contribution in [-0.4, -0.2) is 6.54 Å². The Kier molecular flexibility index (Phi) is 2.87. The summed E-state index contributed by atoms with van der Waals surface area (Å²) in [6.07, 6.45) is 4.00. The number of hydrogen-bond donors (Lipinski definition) is 1. The zero-order valence-corrected chi connectivity index (χ0v) is 9.14. The van der Waals surface area contributed by atoms with Crippen LogP contribution in [0.2, 0.25) is 0 Å². The van der Waals surface area contributed by atoms with E-state index in [1.54, 1.807) is 0 Å². The second-order valence-electron chi connectivity index (χ2n) is 4.29. The van der Waals surface area contributed by atoms with Crippen molar-refractivity contribution in [3.63, 3.8) is 0 Å². The van der Waals surface area contributed by atoms with E-state index in [9.17, 15) is 0 Å². The minimum atomic E-state index is 0.601. The topological polar surface area (TPSA) is 12.0 Å². The lowest BCUT2D eigenvalue weighted by molar-refractivity contribution is 0.411. The molecule has 0 spiro atoms. The van der Waals surface area contributed by atoms with Crippen LogP contribution in [0.25, 0.3) is 0 Å². The zero-order valence-electron chi connectivity index (χ0n) is 9.14. The molecule has 0 amide bonds. The molecule has 0 saturated carbocycles. The minimum Gasteiger partial charge on any atom is -0.310 e. The van der Waals surface area contributed by atoms with Crippen LogP contribution >= 0.6 is 0 Å². The van der Waals surface area contributed by atoms with Gasteiger partial charge in [-0.2, -0.15) is 0 Å². The summed E-state index contributed by atoms with van der Waals surface area (Å²) in [5, 5.41) is 3.60. The summed E-state index contributed by atoms with van der Waals surface area (Å²) in [6.45, 7) is 5.61. The number of piperidine rings is 1. The second kappa shape index (κ2) is 4.14. The fraction of sp³-hybridized carbons (Fsp3) is 0.538. The molecule has 1 N–H and O–H groups in total. The van der Waals surface area contributed by atoms with Gasteiger partial charge in [-0.15, -0.1) is 0 Å². The van der Waals surface area contributed by atoms with Crippen LogP contribution < -0.4 is 5.32 Å². The van der Waals surface area contributed by atoms with Crippen LogP contribution in [0, 0.1) is 13.8 Å². The normalized spacial score (nSPS) is 22.3. The highest BCUT2D eigenvalue weighted by molar-refractivity contribution is 5.35. The van der Waals surface area contributed by atoms with Gasteiger partial charge in [-0.3, -0.25) is 0 Å². The van der Waals surface area contributed by atoms with Gasteiger partial charge in [0.1, 0.15) is 0 Å². The molecule has 1 heterocycles. The first kappa shape index (κ1) is 9.72. The van der Waals surface area contributed by atoms with E-state index in [0.717, 1.165) is 0 Å². The number of benzene rings is 1. The molecule has 1 unspecified atom stereocenters. The lowest BCUT2D eigenvalue weighted by atomic mass is 9.92. The van der Waals surface area contributed by atoms with Crippen LogP contribution in [0.15, 0.2) is 18.2 Å². The van der Waals surface area contributed by atoms with Crippen molar-refractivity contribution in [1.82, 2.24) is 5.32 Å². The van der Waals surface area contributed by atoms with E-state index in [4.69, 9.17) is 0 Å². The van der Waals surface area contributed by atoms with Gasteiger partial charge in [0.25, 0.3) is 0 Å². The maximum atomic E-state index is 3.60. The van der Waals surface area contributed by atoms with Gasteiger partial charge in [-0.05, 0) is 49.9 Å². The third-order valence-corrected chi connectivity index (χ3v) is 3.33. The molecule has 1 aliphatic rings. The van der Waals surface area contributed by atoms with E-state index >= 15 is 0 Å². The average molecular weight is 189 g/mol. The third-order valence-electron chi connectivity index (χ3n) is 3.33. The molecular weight excluding hydrogens is 170 g/mol. The number of hydrogen-bond acceptors (Lipinski definition) is 1. The van der Waals surface area contributed by atoms with Crippen molar-refractivity contribution in [3.8, 4) is 0 Å². The van der Waals surface area contributed by atoms with Gasteiger partial charge in [-0.1, -0.05) is 24.6 Å². The Morgan fingerprint density at radius 2 is 2.07 bits per heavy atom. The highest BCUT2D eigenvalue weighted by atomic mass is 14.9. The number of nitrogens with one attached hydrogen (secondary N) is 1. The van der Waals surface area contributed by atoms with Crippen LogP contribution in [0.1, 0.15) is 42.0 Å². The fourth-order valence-corrected chi connectivity index (χ4v) is 2.27. The van der Waals surface area contributed by atoms with Gasteiger partial charge in [0.2, 0.25) is 0 Å². The standard InChI is InChI=1S/C13H19N/c1-10-6-5-7-12(11(10)2)13-8-3-4-9-14-13/h5-7,13-14H,3-4,8-9H2,1-2H3. The molecule has 2 rings (SSSR count). The van der Waals surface area contributed by atoms with Gasteiger partial charge < -0.3 is 5.32 Å². The quantitative estimate of drug-likeness (QED) is 0.715. The van der Waals surface area contributed by atoms with Crippen molar-refractivity contribution >= 4 is 0 Å². The molecule has 1 heteroatoms. The van der Waals surface area contributed by atoms with Crippen molar-refractivity contribution < 1.29 is 0 Å². The Hall–Kier alpha value is -0.820. The Bertz CT molecular complexity index is 311. The predicted molar refractivity (Wildman–Crippen MR) is 60.5 cm³/mol. The SMILES string of the molecule is Cc1cccc(C2CCCCN2)c1C. The van der Waals surface area contributed by atoms with Crippen molar-refractivity contribution in [2.45, 2.75) is 39.2 Å². The Morgan fingerprint density at radius 3 is 2.79 bits per heavy atom. The first-order valence-electron chi connectivity index (χ1n) is 5.58. The molecule has 76 valence electrons. The van der Waals surface area contributed by atoms with Crippen molar-refractivity contribution in [1.29, 1.82) is 0 Å². The van der Waals surface area contributed by atoms with E-state index < -0.39 is 0 Å². The first-order valence-corrected chi connectivity index (χ1v) is 5.58. The summed E-state index contributed by atoms with van der Waals surface area (Å²) >= 11 is 0. The van der Waals surface area contributed by atoms with Crippen LogP contribution in [0.4, 0.5) is 0 Å². The van der Waals surface area contributed by atoms with Crippen molar-refractivity contribution in [2.75, 3.05) is 6.54 Å². The molecule has 1 saturated heterocycles. The summed E-state index contributed by atoms with van der Waals surface area (Å²) in [4.78, 5) is 0. The van der Waals surface area contributed by atoms with E-state index in [1.807, 2.05) is 0 Å². The van der Waals surface area contributed by atoms with Gasteiger partial charge in [0, 0.05) is 6.04 Å². The summed E-state index contributed by atoms with van der Waals surface area (Å²) in [5.41, 5.74) is 4.38. The van der Waals surface area contributed by atoms with Gasteiger partial charge in [0.15, 0.2) is 0 Å². The Morgan fingerprint density at radius 1 is 1.21 bits per heavy atom. The highest BCUT2D eigenvalue weighted by Gasteiger charge is 2.16. The van der Waals surface area contributed by atoms with Gasteiger partial charge >= 0.3 is 0 Å². The maximum Gasteiger partial charge on any atom is 0.0322 e. The third kappa shape index (κ3) is 1.83. The molecule has 1 aromatic carbocycles. The van der Waals surface area contributed by atoms with E-state index in [0.29, 0.717) is 6.04 Å². The van der Waals surface area contributed by atoms with E-state index in [1.165, 1.54) is 42.5 Å². The monoisotopic (exact) mass is 189 g/mol. The first-order chi connectivity index (χ1) is 6.79. The molecule has 0 bridgehead atoms. The molecule has 0 aliphatic carbocycles. The summed E-state index contributed by atoms with van der Waals surface area (Å²) in [7, 11) is 0. The lowest BCUT2D eigenvalue weighted by Crippen LogP contribution is -2.27. The van der Waals surface area contributed by atoms with Crippen molar-refractivity contribution in [2.24, 2.45) is 0 Å². The predicted octanol–water partition coefficient (Wildman–Crippen LogP) is 3.12. The summed E-state index contributed by atoms with van der Waals surface area (Å²) in [5.74, 6) is 0. The molecular formula is C13H19N. The molecule has 14 heavy (non-hydrogen) atoms. The smallest absolute Gasteiger partial charge is 0.0322 e. The Labute approximate surface area is 86.5 Å². The molecule has 1 fully saturated rings. The molecule has 0 radical (unpaired) electrons. The largest absolute Gasteiger partial charge is 0.310 e. The second-order valence-corrected chi connectivity index (χ2v) is 4.29. The number of rotatable bonds is 1. The van der Waals surface area contributed by atoms with Crippen LogP contribution in [0.5, 0.6) is 0 Å². The number of aryl methyl sites for hydroxylation is 1. The average Bonchev–Trinajstić information content (AvgIpc) is 2.23. The molecule has 1 aromatic rings. The summed E-state index contributed by atoms with van der Waals surface area (Å²) in [6, 6.07) is 7.24. The molecule has 1 aliphatic heterocycles.